The van der Waals surface area contributed by atoms with Crippen molar-refractivity contribution in [2.75, 3.05) is 7.05 Å². The van der Waals surface area contributed by atoms with Crippen molar-refractivity contribution >= 4 is 0 Å². The number of piperidine rings is 1. The highest BCUT2D eigenvalue weighted by Gasteiger charge is 2.61. The third-order valence-electron chi connectivity index (χ3n) is 3.47. The second kappa shape index (κ2) is 1.98. The molecule has 0 amide bonds. The summed E-state index contributed by atoms with van der Waals surface area (Å²) in [6.07, 6.45) is 3.27. The van der Waals surface area contributed by atoms with Crippen LogP contribution in [-0.2, 0) is 0 Å². The zero-order chi connectivity index (χ0) is 8.06. The molecule has 2 unspecified atom stereocenters. The van der Waals surface area contributed by atoms with Crippen LogP contribution in [0.15, 0.2) is 0 Å². The van der Waals surface area contributed by atoms with Gasteiger partial charge in [-0.2, -0.15) is 5.26 Å². The fourth-order valence-electron chi connectivity index (χ4n) is 2.58. The average molecular weight is 150 g/mol. The summed E-state index contributed by atoms with van der Waals surface area (Å²) in [6.45, 7) is 2.26. The predicted molar refractivity (Wildman–Crippen MR) is 42.9 cm³/mol. The van der Waals surface area contributed by atoms with Crippen LogP contribution in [0.4, 0.5) is 0 Å². The van der Waals surface area contributed by atoms with Gasteiger partial charge in [-0.25, -0.2) is 0 Å². The summed E-state index contributed by atoms with van der Waals surface area (Å²) in [7, 11) is 2.18. The number of rotatable bonds is 1. The van der Waals surface area contributed by atoms with E-state index in [4.69, 9.17) is 5.26 Å². The third-order valence-corrected chi connectivity index (χ3v) is 3.47. The number of nitriles is 1. The van der Waals surface area contributed by atoms with Gasteiger partial charge in [-0.05, 0) is 26.8 Å². The minimum absolute atomic E-state index is 0.420. The molecule has 0 aromatic carbocycles. The molecular weight excluding hydrogens is 136 g/mol. The van der Waals surface area contributed by atoms with Crippen molar-refractivity contribution < 1.29 is 0 Å². The highest BCUT2D eigenvalue weighted by molar-refractivity contribution is 5.17. The van der Waals surface area contributed by atoms with E-state index in [-0.39, 0.29) is 0 Å². The summed E-state index contributed by atoms with van der Waals surface area (Å²) in [5.41, 5.74) is 0.420. The molecule has 3 atom stereocenters. The summed E-state index contributed by atoms with van der Waals surface area (Å²) >= 11 is 0. The van der Waals surface area contributed by atoms with Crippen LogP contribution in [0.5, 0.6) is 0 Å². The standard InChI is InChI=1S/C9H14N2/c1-7-5-9(3-4-10)6-8(9)11(7)2/h7-8H,3,5-6H2,1-2H3/t7?,8?,9-/m1/s1. The zero-order valence-electron chi connectivity index (χ0n) is 7.17. The van der Waals surface area contributed by atoms with Gasteiger partial charge in [-0.15, -0.1) is 0 Å². The minimum atomic E-state index is 0.420. The van der Waals surface area contributed by atoms with E-state index in [9.17, 15) is 0 Å². The fraction of sp³-hybridized carbons (Fsp3) is 0.889. The van der Waals surface area contributed by atoms with Crippen molar-refractivity contribution in [1.82, 2.24) is 4.90 Å². The van der Waals surface area contributed by atoms with Crippen LogP contribution in [-0.4, -0.2) is 24.0 Å². The predicted octanol–water partition coefficient (Wildman–Crippen LogP) is 1.38. The summed E-state index contributed by atoms with van der Waals surface area (Å²) in [4.78, 5) is 2.43. The topological polar surface area (TPSA) is 27.0 Å². The monoisotopic (exact) mass is 150 g/mol. The van der Waals surface area contributed by atoms with E-state index in [0.717, 1.165) is 12.5 Å². The van der Waals surface area contributed by atoms with Crippen LogP contribution in [0.2, 0.25) is 0 Å². The van der Waals surface area contributed by atoms with Crippen LogP contribution < -0.4 is 0 Å². The molecular formula is C9H14N2. The molecule has 1 saturated heterocycles. The summed E-state index contributed by atoms with van der Waals surface area (Å²) in [5, 5.41) is 8.62. The van der Waals surface area contributed by atoms with Crippen molar-refractivity contribution in [1.29, 1.82) is 5.26 Å². The van der Waals surface area contributed by atoms with Gasteiger partial charge in [0.1, 0.15) is 0 Å². The van der Waals surface area contributed by atoms with Crippen LogP contribution >= 0.6 is 0 Å². The van der Waals surface area contributed by atoms with Gasteiger partial charge >= 0.3 is 0 Å². The summed E-state index contributed by atoms with van der Waals surface area (Å²) in [6, 6.07) is 3.74. The smallest absolute Gasteiger partial charge is 0.0628 e. The first kappa shape index (κ1) is 7.12. The van der Waals surface area contributed by atoms with E-state index < -0.39 is 0 Å². The van der Waals surface area contributed by atoms with Crippen molar-refractivity contribution in [2.45, 2.75) is 38.3 Å². The second-order valence-electron chi connectivity index (χ2n) is 4.14. The van der Waals surface area contributed by atoms with E-state index in [1.807, 2.05) is 0 Å². The van der Waals surface area contributed by atoms with Crippen molar-refractivity contribution in [3.05, 3.63) is 0 Å². The second-order valence-corrected chi connectivity index (χ2v) is 4.14. The molecule has 0 aromatic rings. The van der Waals surface area contributed by atoms with Gasteiger partial charge in [-0.3, -0.25) is 0 Å². The molecule has 2 heteroatoms. The van der Waals surface area contributed by atoms with Crippen molar-refractivity contribution in [2.24, 2.45) is 5.41 Å². The number of likely N-dealkylation sites (tertiary alicyclic amines) is 1. The Morgan fingerprint density at radius 1 is 1.64 bits per heavy atom. The molecule has 1 aliphatic carbocycles. The first-order chi connectivity index (χ1) is 5.19. The third kappa shape index (κ3) is 0.810. The Bertz CT molecular complexity index is 218. The average Bonchev–Trinajstić information content (AvgIpc) is 2.57. The fourth-order valence-corrected chi connectivity index (χ4v) is 2.58. The lowest BCUT2D eigenvalue weighted by molar-refractivity contribution is 0.286. The van der Waals surface area contributed by atoms with Gasteiger partial charge < -0.3 is 4.90 Å². The van der Waals surface area contributed by atoms with Crippen LogP contribution in [0.25, 0.3) is 0 Å². The Kier molecular flexibility index (Phi) is 1.28. The molecule has 1 saturated carbocycles. The Hall–Kier alpha value is -0.550. The molecule has 0 bridgehead atoms. The summed E-state index contributed by atoms with van der Waals surface area (Å²) in [5.74, 6) is 0. The molecule has 0 radical (unpaired) electrons. The molecule has 2 aliphatic rings. The lowest BCUT2D eigenvalue weighted by Crippen LogP contribution is -2.25. The van der Waals surface area contributed by atoms with Crippen molar-refractivity contribution in [3.63, 3.8) is 0 Å². The molecule has 1 heterocycles. The van der Waals surface area contributed by atoms with Gasteiger partial charge in [0.05, 0.1) is 6.07 Å². The largest absolute Gasteiger partial charge is 0.300 e. The zero-order valence-corrected chi connectivity index (χ0v) is 7.17. The number of fused-ring (bicyclic) bond motifs is 1. The first-order valence-electron chi connectivity index (χ1n) is 4.28. The first-order valence-corrected chi connectivity index (χ1v) is 4.28. The van der Waals surface area contributed by atoms with Gasteiger partial charge in [0, 0.05) is 23.9 Å². The van der Waals surface area contributed by atoms with E-state index in [1.54, 1.807) is 0 Å². The highest BCUT2D eigenvalue weighted by Crippen LogP contribution is 2.60. The van der Waals surface area contributed by atoms with E-state index >= 15 is 0 Å². The molecule has 1 aliphatic heterocycles. The van der Waals surface area contributed by atoms with Crippen LogP contribution in [0, 0.1) is 16.7 Å². The van der Waals surface area contributed by atoms with Gasteiger partial charge in [0.25, 0.3) is 0 Å². The van der Waals surface area contributed by atoms with E-state index in [1.165, 1.54) is 12.8 Å². The maximum atomic E-state index is 8.62. The maximum Gasteiger partial charge on any atom is 0.0628 e. The van der Waals surface area contributed by atoms with Crippen LogP contribution in [0.1, 0.15) is 26.2 Å². The molecule has 0 aromatic heterocycles. The van der Waals surface area contributed by atoms with E-state index in [0.29, 0.717) is 11.5 Å². The molecule has 0 spiro atoms. The Labute approximate surface area is 67.8 Å². The number of nitrogens with zero attached hydrogens (tertiary/aromatic N) is 2. The quantitative estimate of drug-likeness (QED) is 0.564. The Morgan fingerprint density at radius 2 is 2.36 bits per heavy atom. The van der Waals surface area contributed by atoms with Gasteiger partial charge in [0.15, 0.2) is 0 Å². The molecule has 60 valence electrons. The number of hydrogen-bond acceptors (Lipinski definition) is 2. The maximum absolute atomic E-state index is 8.62. The normalized spacial score (nSPS) is 48.5. The SMILES string of the molecule is CC1C[C@]2(CC#N)CC2N1C. The summed E-state index contributed by atoms with van der Waals surface area (Å²) < 4.78 is 0. The molecule has 2 nitrogen and oxygen atoms in total. The number of hydrogen-bond donors (Lipinski definition) is 0. The van der Waals surface area contributed by atoms with Crippen molar-refractivity contribution in [3.8, 4) is 6.07 Å². The molecule has 2 rings (SSSR count). The highest BCUT2D eigenvalue weighted by atomic mass is 15.2. The Balaban J connectivity index is 2.09. The van der Waals surface area contributed by atoms with E-state index in [2.05, 4.69) is 24.9 Å². The Morgan fingerprint density at radius 3 is 2.82 bits per heavy atom. The lowest BCUT2D eigenvalue weighted by atomic mass is 9.97. The molecule has 2 fully saturated rings. The lowest BCUT2D eigenvalue weighted by Gasteiger charge is -2.17. The minimum Gasteiger partial charge on any atom is -0.300 e. The molecule has 0 N–H and O–H groups in total. The van der Waals surface area contributed by atoms with Crippen LogP contribution in [0.3, 0.4) is 0 Å². The van der Waals surface area contributed by atoms with Gasteiger partial charge in [0.2, 0.25) is 0 Å². The molecule has 11 heavy (non-hydrogen) atoms. The van der Waals surface area contributed by atoms with Gasteiger partial charge in [-0.1, -0.05) is 0 Å².